The van der Waals surface area contributed by atoms with E-state index in [0.29, 0.717) is 36.2 Å². The Hall–Kier alpha value is -1.86. The summed E-state index contributed by atoms with van der Waals surface area (Å²) in [6.45, 7) is 7.18. The third-order valence-electron chi connectivity index (χ3n) is 5.46. The van der Waals surface area contributed by atoms with E-state index < -0.39 is 0 Å². The molecule has 150 valence electrons. The smallest absolute Gasteiger partial charge is 0.293 e. The first-order chi connectivity index (χ1) is 12.3. The van der Waals surface area contributed by atoms with Crippen molar-refractivity contribution in [3.05, 3.63) is 33.9 Å². The molecular formula is C19H29ClN4O3. The highest BCUT2D eigenvalue weighted by Gasteiger charge is 2.29. The van der Waals surface area contributed by atoms with E-state index in [2.05, 4.69) is 18.7 Å². The van der Waals surface area contributed by atoms with Crippen molar-refractivity contribution in [1.29, 1.82) is 0 Å². The zero-order valence-corrected chi connectivity index (χ0v) is 16.8. The summed E-state index contributed by atoms with van der Waals surface area (Å²) >= 11 is 0. The molecule has 3 rings (SSSR count). The van der Waals surface area contributed by atoms with Crippen LogP contribution in [0.1, 0.15) is 43.5 Å². The predicted molar refractivity (Wildman–Crippen MR) is 109 cm³/mol. The predicted octanol–water partition coefficient (Wildman–Crippen LogP) is 3.06. The molecule has 0 bridgehead atoms. The number of piperidine rings is 2. The first-order valence-electron chi connectivity index (χ1n) is 9.43. The van der Waals surface area contributed by atoms with E-state index in [4.69, 9.17) is 5.73 Å². The molecule has 1 aromatic carbocycles. The lowest BCUT2D eigenvalue weighted by molar-refractivity contribution is -0.384. The summed E-state index contributed by atoms with van der Waals surface area (Å²) in [6.07, 6.45) is 2.68. The van der Waals surface area contributed by atoms with Crippen LogP contribution in [0.2, 0.25) is 0 Å². The Morgan fingerprint density at radius 1 is 1.19 bits per heavy atom. The summed E-state index contributed by atoms with van der Waals surface area (Å²) in [5, 5.41) is 11.7. The number of carbonyl (C=O) groups excluding carboxylic acids is 1. The second kappa shape index (κ2) is 8.89. The molecule has 0 aliphatic carbocycles. The number of halogens is 1. The summed E-state index contributed by atoms with van der Waals surface area (Å²) in [4.78, 5) is 27.8. The molecule has 0 aromatic heterocycles. The van der Waals surface area contributed by atoms with Gasteiger partial charge in [-0.1, -0.05) is 13.8 Å². The molecule has 2 heterocycles. The molecule has 0 saturated carbocycles. The molecule has 2 fully saturated rings. The topological polar surface area (TPSA) is 92.7 Å². The van der Waals surface area contributed by atoms with Crippen LogP contribution >= 0.6 is 12.4 Å². The number of nitro benzene ring substituents is 1. The number of anilines is 1. The molecule has 2 aliphatic rings. The average Bonchev–Trinajstić information content (AvgIpc) is 2.60. The van der Waals surface area contributed by atoms with Crippen LogP contribution in [0.4, 0.5) is 11.4 Å². The number of nitrogens with two attached hydrogens (primary N) is 1. The van der Waals surface area contributed by atoms with E-state index in [1.807, 2.05) is 0 Å². The monoisotopic (exact) mass is 396 g/mol. The molecule has 0 spiro atoms. The zero-order valence-electron chi connectivity index (χ0n) is 16.0. The minimum absolute atomic E-state index is 0. The second-order valence-electron chi connectivity index (χ2n) is 7.94. The highest BCUT2D eigenvalue weighted by Crippen LogP contribution is 2.34. The Bertz CT molecular complexity index is 682. The fourth-order valence-electron chi connectivity index (χ4n) is 4.21. The lowest BCUT2D eigenvalue weighted by Crippen LogP contribution is -2.43. The molecular weight excluding hydrogens is 368 g/mol. The van der Waals surface area contributed by atoms with Crippen molar-refractivity contribution in [3.8, 4) is 0 Å². The maximum absolute atomic E-state index is 12.7. The van der Waals surface area contributed by atoms with Gasteiger partial charge < -0.3 is 15.5 Å². The maximum Gasteiger partial charge on any atom is 0.293 e. The third kappa shape index (κ3) is 4.90. The number of likely N-dealkylation sites (tertiary alicyclic amines) is 1. The van der Waals surface area contributed by atoms with Gasteiger partial charge in [-0.25, -0.2) is 0 Å². The van der Waals surface area contributed by atoms with Crippen molar-refractivity contribution >= 4 is 29.7 Å². The van der Waals surface area contributed by atoms with Crippen LogP contribution < -0.4 is 10.6 Å². The third-order valence-corrected chi connectivity index (χ3v) is 5.46. The van der Waals surface area contributed by atoms with Gasteiger partial charge >= 0.3 is 0 Å². The molecule has 2 N–H and O–H groups in total. The average molecular weight is 397 g/mol. The van der Waals surface area contributed by atoms with Crippen molar-refractivity contribution in [1.82, 2.24) is 4.90 Å². The number of carbonyl (C=O) groups is 1. The summed E-state index contributed by atoms with van der Waals surface area (Å²) in [5.74, 6) is 0.848. The normalized spacial score (nSPS) is 23.7. The quantitative estimate of drug-likeness (QED) is 0.626. The molecule has 8 heteroatoms. The van der Waals surface area contributed by atoms with Crippen molar-refractivity contribution in [3.63, 3.8) is 0 Å². The number of nitrogens with zero attached hydrogens (tertiary/aromatic N) is 3. The van der Waals surface area contributed by atoms with Gasteiger partial charge in [-0.05, 0) is 43.2 Å². The van der Waals surface area contributed by atoms with Crippen LogP contribution in [0.25, 0.3) is 0 Å². The SMILES string of the molecule is CC1CC(C)CN(c2ccc(C(=O)N3CCC(N)CC3)cc2[N+](=O)[O-])C1.Cl. The maximum atomic E-state index is 12.7. The molecule has 2 aliphatic heterocycles. The lowest BCUT2D eigenvalue weighted by Gasteiger charge is -2.36. The number of nitro groups is 1. The van der Waals surface area contributed by atoms with Crippen molar-refractivity contribution in [2.75, 3.05) is 31.1 Å². The molecule has 2 atom stereocenters. The Morgan fingerprint density at radius 2 is 1.78 bits per heavy atom. The van der Waals surface area contributed by atoms with E-state index in [0.717, 1.165) is 32.4 Å². The van der Waals surface area contributed by atoms with Crippen LogP contribution in [-0.4, -0.2) is 48.0 Å². The van der Waals surface area contributed by atoms with Gasteiger partial charge in [0.15, 0.2) is 0 Å². The van der Waals surface area contributed by atoms with Crippen LogP contribution in [0.5, 0.6) is 0 Å². The summed E-state index contributed by atoms with van der Waals surface area (Å²) in [7, 11) is 0. The van der Waals surface area contributed by atoms with Gasteiger partial charge in [0.1, 0.15) is 5.69 Å². The van der Waals surface area contributed by atoms with Gasteiger partial charge in [0.2, 0.25) is 0 Å². The first-order valence-corrected chi connectivity index (χ1v) is 9.43. The Balaban J connectivity index is 0.00000261. The van der Waals surface area contributed by atoms with Crippen LogP contribution in [0.3, 0.4) is 0 Å². The standard InChI is InChI=1S/C19H28N4O3.ClH/c1-13-9-14(2)12-22(11-13)17-4-3-15(10-18(17)23(25)26)19(24)21-7-5-16(20)6-8-21;/h3-4,10,13-14,16H,5-9,11-12,20H2,1-2H3;1H. The van der Waals surface area contributed by atoms with E-state index in [-0.39, 0.29) is 35.0 Å². The van der Waals surface area contributed by atoms with Gasteiger partial charge in [0.25, 0.3) is 11.6 Å². The van der Waals surface area contributed by atoms with Crippen molar-refractivity contribution in [2.24, 2.45) is 17.6 Å². The van der Waals surface area contributed by atoms with Gasteiger partial charge in [-0.2, -0.15) is 0 Å². The lowest BCUT2D eigenvalue weighted by atomic mass is 9.91. The number of benzene rings is 1. The van der Waals surface area contributed by atoms with E-state index in [1.165, 1.54) is 6.07 Å². The highest BCUT2D eigenvalue weighted by molar-refractivity contribution is 5.96. The Labute approximate surface area is 166 Å². The minimum Gasteiger partial charge on any atom is -0.365 e. The Morgan fingerprint density at radius 3 is 2.33 bits per heavy atom. The molecule has 7 nitrogen and oxygen atoms in total. The minimum atomic E-state index is -0.373. The number of amides is 1. The van der Waals surface area contributed by atoms with Crippen molar-refractivity contribution < 1.29 is 9.72 Å². The van der Waals surface area contributed by atoms with Crippen molar-refractivity contribution in [2.45, 2.75) is 39.2 Å². The van der Waals surface area contributed by atoms with Crippen LogP contribution in [0.15, 0.2) is 18.2 Å². The Kier molecular flexibility index (Phi) is 7.06. The number of rotatable bonds is 3. The molecule has 27 heavy (non-hydrogen) atoms. The molecule has 1 amide bonds. The van der Waals surface area contributed by atoms with E-state index in [9.17, 15) is 14.9 Å². The molecule has 2 saturated heterocycles. The van der Waals surface area contributed by atoms with Crippen LogP contribution in [-0.2, 0) is 0 Å². The largest absolute Gasteiger partial charge is 0.365 e. The van der Waals surface area contributed by atoms with Gasteiger partial charge in [-0.3, -0.25) is 14.9 Å². The molecule has 2 unspecified atom stereocenters. The number of hydrogen-bond acceptors (Lipinski definition) is 5. The van der Waals surface area contributed by atoms with E-state index in [1.54, 1.807) is 17.0 Å². The second-order valence-corrected chi connectivity index (χ2v) is 7.94. The fourth-order valence-corrected chi connectivity index (χ4v) is 4.21. The summed E-state index contributed by atoms with van der Waals surface area (Å²) in [6, 6.07) is 5.05. The zero-order chi connectivity index (χ0) is 18.8. The first kappa shape index (κ1) is 21.4. The van der Waals surface area contributed by atoms with Gasteiger partial charge in [0, 0.05) is 43.9 Å². The van der Waals surface area contributed by atoms with E-state index >= 15 is 0 Å². The van der Waals surface area contributed by atoms with Crippen LogP contribution in [0, 0.1) is 22.0 Å². The highest BCUT2D eigenvalue weighted by atomic mass is 35.5. The summed E-state index contributed by atoms with van der Waals surface area (Å²) in [5.41, 5.74) is 6.91. The summed E-state index contributed by atoms with van der Waals surface area (Å²) < 4.78 is 0. The number of hydrogen-bond donors (Lipinski definition) is 1. The molecule has 1 aromatic rings. The fraction of sp³-hybridized carbons (Fsp3) is 0.632. The van der Waals surface area contributed by atoms with Gasteiger partial charge in [0.05, 0.1) is 4.92 Å². The molecule has 0 radical (unpaired) electrons. The van der Waals surface area contributed by atoms with Gasteiger partial charge in [-0.15, -0.1) is 12.4 Å².